The van der Waals surface area contributed by atoms with Gasteiger partial charge in [-0.1, -0.05) is 30.3 Å². The zero-order chi connectivity index (χ0) is 13.2. The van der Waals surface area contributed by atoms with E-state index in [2.05, 4.69) is 4.98 Å². The van der Waals surface area contributed by atoms with Crippen molar-refractivity contribution >= 4 is 22.4 Å². The molecule has 92 valence electrons. The Hall–Kier alpha value is -2.68. The number of anilines is 1. The van der Waals surface area contributed by atoms with Crippen LogP contribution in [0, 0.1) is 0 Å². The van der Waals surface area contributed by atoms with Crippen LogP contribution in [-0.4, -0.2) is 10.8 Å². The fraction of sp³-hybridized carbons (Fsp3) is 0. The molecule has 0 radical (unpaired) electrons. The molecule has 0 saturated heterocycles. The molecule has 0 aliphatic carbocycles. The Balaban J connectivity index is 2.20. The molecule has 0 fully saturated rings. The quantitative estimate of drug-likeness (QED) is 0.560. The van der Waals surface area contributed by atoms with Crippen LogP contribution in [-0.2, 0) is 0 Å². The molecule has 0 amide bonds. The lowest BCUT2D eigenvalue weighted by Gasteiger charge is -2.07. The molecule has 2 aromatic carbocycles. The molecule has 2 N–H and O–H groups in total. The van der Waals surface area contributed by atoms with Crippen molar-refractivity contribution < 1.29 is 4.79 Å². The second-order valence-electron chi connectivity index (χ2n) is 4.30. The first-order chi connectivity index (χ1) is 9.27. The van der Waals surface area contributed by atoms with Crippen LogP contribution >= 0.6 is 0 Å². The van der Waals surface area contributed by atoms with Crippen LogP contribution in [0.1, 0.15) is 15.9 Å². The number of fused-ring (bicyclic) bond motifs is 1. The lowest BCUT2D eigenvalue weighted by Crippen LogP contribution is -2.06. The number of carbonyl (C=O) groups excluding carboxylic acids is 1. The zero-order valence-corrected chi connectivity index (χ0v) is 10.2. The molecular formula is C16H12N2O. The van der Waals surface area contributed by atoms with Gasteiger partial charge >= 0.3 is 0 Å². The summed E-state index contributed by atoms with van der Waals surface area (Å²) >= 11 is 0. The summed E-state index contributed by atoms with van der Waals surface area (Å²) in [6, 6.07) is 16.5. The second-order valence-corrected chi connectivity index (χ2v) is 4.30. The number of hydrogen-bond acceptors (Lipinski definition) is 3. The molecule has 1 aromatic heterocycles. The highest BCUT2D eigenvalue weighted by Crippen LogP contribution is 2.21. The summed E-state index contributed by atoms with van der Waals surface area (Å²) in [6.07, 6.45) is 1.69. The van der Waals surface area contributed by atoms with Crippen LogP contribution in [0.3, 0.4) is 0 Å². The number of aromatic nitrogens is 1. The number of pyridine rings is 1. The van der Waals surface area contributed by atoms with Crippen LogP contribution in [0.25, 0.3) is 10.9 Å². The predicted octanol–water partition coefficient (Wildman–Crippen LogP) is 3.05. The molecule has 3 rings (SSSR count). The van der Waals surface area contributed by atoms with Crippen molar-refractivity contribution in [2.75, 3.05) is 5.73 Å². The summed E-state index contributed by atoms with van der Waals surface area (Å²) in [4.78, 5) is 16.9. The van der Waals surface area contributed by atoms with Gasteiger partial charge in [-0.25, -0.2) is 0 Å². The number of benzene rings is 2. The topological polar surface area (TPSA) is 56.0 Å². The number of nitrogens with zero attached hydrogens (tertiary/aromatic N) is 1. The molecule has 19 heavy (non-hydrogen) atoms. The standard InChI is InChI=1S/C16H12N2O/c17-14-9-2-1-7-12(14)16(19)13-8-3-5-11-6-4-10-18-15(11)13/h1-10H,17H2. The lowest BCUT2D eigenvalue weighted by molar-refractivity contribution is 0.104. The molecule has 1 heterocycles. The highest BCUT2D eigenvalue weighted by Gasteiger charge is 2.14. The van der Waals surface area contributed by atoms with E-state index in [1.54, 1.807) is 24.4 Å². The summed E-state index contributed by atoms with van der Waals surface area (Å²) in [5.41, 5.74) is 8.15. The van der Waals surface area contributed by atoms with Gasteiger partial charge in [-0.2, -0.15) is 0 Å². The van der Waals surface area contributed by atoms with Crippen molar-refractivity contribution in [2.45, 2.75) is 0 Å². The number of rotatable bonds is 2. The molecular weight excluding hydrogens is 236 g/mol. The Morgan fingerprint density at radius 2 is 1.63 bits per heavy atom. The smallest absolute Gasteiger partial charge is 0.197 e. The molecule has 3 nitrogen and oxygen atoms in total. The van der Waals surface area contributed by atoms with E-state index in [1.165, 1.54) is 0 Å². The number of nitrogen functional groups attached to an aromatic ring is 1. The summed E-state index contributed by atoms with van der Waals surface area (Å²) in [7, 11) is 0. The number of nitrogens with two attached hydrogens (primary N) is 1. The summed E-state index contributed by atoms with van der Waals surface area (Å²) in [5.74, 6) is -0.0950. The van der Waals surface area contributed by atoms with Gasteiger partial charge in [-0.05, 0) is 24.3 Å². The molecule has 0 unspecified atom stereocenters. The Bertz CT molecular complexity index is 760. The van der Waals surface area contributed by atoms with Gasteiger partial charge in [0, 0.05) is 28.4 Å². The third-order valence-corrected chi connectivity index (χ3v) is 3.08. The predicted molar refractivity (Wildman–Crippen MR) is 76.0 cm³/mol. The monoisotopic (exact) mass is 248 g/mol. The van der Waals surface area contributed by atoms with Gasteiger partial charge < -0.3 is 5.73 Å². The molecule has 0 aliphatic heterocycles. The molecule has 0 atom stereocenters. The molecule has 0 bridgehead atoms. The van der Waals surface area contributed by atoms with E-state index in [1.807, 2.05) is 36.4 Å². The van der Waals surface area contributed by atoms with Crippen molar-refractivity contribution in [1.29, 1.82) is 0 Å². The van der Waals surface area contributed by atoms with Gasteiger partial charge in [-0.15, -0.1) is 0 Å². The third kappa shape index (κ3) is 1.95. The van der Waals surface area contributed by atoms with E-state index >= 15 is 0 Å². The van der Waals surface area contributed by atoms with Crippen LogP contribution in [0.2, 0.25) is 0 Å². The highest BCUT2D eigenvalue weighted by atomic mass is 16.1. The highest BCUT2D eigenvalue weighted by molar-refractivity contribution is 6.17. The fourth-order valence-corrected chi connectivity index (χ4v) is 2.14. The van der Waals surface area contributed by atoms with Gasteiger partial charge in [0.25, 0.3) is 0 Å². The van der Waals surface area contributed by atoms with Crippen LogP contribution in [0.5, 0.6) is 0 Å². The lowest BCUT2D eigenvalue weighted by atomic mass is 9.99. The van der Waals surface area contributed by atoms with E-state index in [-0.39, 0.29) is 5.78 Å². The van der Waals surface area contributed by atoms with E-state index in [0.717, 1.165) is 5.39 Å². The van der Waals surface area contributed by atoms with E-state index in [0.29, 0.717) is 22.3 Å². The maximum absolute atomic E-state index is 12.6. The minimum absolute atomic E-state index is 0.0950. The molecule has 3 aromatic rings. The normalized spacial score (nSPS) is 10.5. The van der Waals surface area contributed by atoms with E-state index in [4.69, 9.17) is 5.73 Å². The maximum Gasteiger partial charge on any atom is 0.197 e. The summed E-state index contributed by atoms with van der Waals surface area (Å²) in [5, 5.41) is 0.947. The average Bonchev–Trinajstić information content (AvgIpc) is 2.46. The summed E-state index contributed by atoms with van der Waals surface area (Å²) < 4.78 is 0. The number of para-hydroxylation sites is 2. The Morgan fingerprint density at radius 1 is 0.895 bits per heavy atom. The molecule has 0 spiro atoms. The van der Waals surface area contributed by atoms with Crippen molar-refractivity contribution in [2.24, 2.45) is 0 Å². The third-order valence-electron chi connectivity index (χ3n) is 3.08. The van der Waals surface area contributed by atoms with Gasteiger partial charge in [0.15, 0.2) is 5.78 Å². The molecule has 3 heteroatoms. The maximum atomic E-state index is 12.6. The number of carbonyl (C=O) groups is 1. The first-order valence-corrected chi connectivity index (χ1v) is 6.00. The van der Waals surface area contributed by atoms with Gasteiger partial charge in [0.2, 0.25) is 0 Å². The Labute approximate surface area is 110 Å². The Morgan fingerprint density at radius 3 is 2.47 bits per heavy atom. The van der Waals surface area contributed by atoms with Crippen LogP contribution in [0.15, 0.2) is 60.8 Å². The van der Waals surface area contributed by atoms with E-state index < -0.39 is 0 Å². The van der Waals surface area contributed by atoms with Crippen molar-refractivity contribution in [3.8, 4) is 0 Å². The van der Waals surface area contributed by atoms with Crippen LogP contribution < -0.4 is 5.73 Å². The first kappa shape index (κ1) is 11.4. The van der Waals surface area contributed by atoms with E-state index in [9.17, 15) is 4.79 Å². The van der Waals surface area contributed by atoms with Gasteiger partial charge in [-0.3, -0.25) is 9.78 Å². The summed E-state index contributed by atoms with van der Waals surface area (Å²) in [6.45, 7) is 0. The zero-order valence-electron chi connectivity index (χ0n) is 10.2. The number of ketones is 1. The largest absolute Gasteiger partial charge is 0.398 e. The SMILES string of the molecule is Nc1ccccc1C(=O)c1cccc2cccnc12. The Kier molecular flexibility index (Phi) is 2.72. The second kappa shape index (κ2) is 4.53. The molecule has 0 saturated carbocycles. The fourth-order valence-electron chi connectivity index (χ4n) is 2.14. The van der Waals surface area contributed by atoms with Crippen molar-refractivity contribution in [3.05, 3.63) is 71.9 Å². The number of hydrogen-bond donors (Lipinski definition) is 1. The van der Waals surface area contributed by atoms with Gasteiger partial charge in [0.1, 0.15) is 0 Å². The minimum Gasteiger partial charge on any atom is -0.398 e. The van der Waals surface area contributed by atoms with Crippen LogP contribution in [0.4, 0.5) is 5.69 Å². The van der Waals surface area contributed by atoms with Crippen molar-refractivity contribution in [3.63, 3.8) is 0 Å². The van der Waals surface area contributed by atoms with Gasteiger partial charge in [0.05, 0.1) is 5.52 Å². The first-order valence-electron chi connectivity index (χ1n) is 6.00. The average molecular weight is 248 g/mol. The molecule has 0 aliphatic rings. The minimum atomic E-state index is -0.0950. The van der Waals surface area contributed by atoms with Crippen molar-refractivity contribution in [1.82, 2.24) is 4.98 Å².